The van der Waals surface area contributed by atoms with Crippen LogP contribution in [0.1, 0.15) is 27.2 Å². The maximum absolute atomic E-state index is 11.7. The molecular weight excluding hydrogens is 268 g/mol. The van der Waals surface area contributed by atoms with Crippen LogP contribution in [-0.4, -0.2) is 49.9 Å². The first-order chi connectivity index (χ1) is 7.37. The summed E-state index contributed by atoms with van der Waals surface area (Å²) in [5.41, 5.74) is 0. The van der Waals surface area contributed by atoms with Crippen LogP contribution in [0, 0.1) is 0 Å². The van der Waals surface area contributed by atoms with Crippen LogP contribution in [0.3, 0.4) is 0 Å². The molecule has 0 atom stereocenters. The van der Waals surface area contributed by atoms with E-state index in [4.69, 9.17) is 5.11 Å². The predicted molar refractivity (Wildman–Crippen MR) is 64.4 cm³/mol. The highest BCUT2D eigenvalue weighted by atomic mass is 32.2. The predicted octanol–water partition coefficient (Wildman–Crippen LogP) is 0.0892. The third kappa shape index (κ3) is 6.02. The first kappa shape index (κ1) is 16.4. The van der Waals surface area contributed by atoms with Gasteiger partial charge in [0.2, 0.25) is 0 Å². The average Bonchev–Trinajstić information content (AvgIpc) is 2.11. The second kappa shape index (κ2) is 5.34. The maximum atomic E-state index is 11.7. The summed E-state index contributed by atoms with van der Waals surface area (Å²) in [6, 6.07) is 0. The van der Waals surface area contributed by atoms with Crippen molar-refractivity contribution in [1.29, 1.82) is 0 Å². The molecule has 8 heteroatoms. The fourth-order valence-corrected chi connectivity index (χ4v) is 4.08. The molecule has 0 rings (SSSR count). The molecule has 0 radical (unpaired) electrons. The van der Waals surface area contributed by atoms with Gasteiger partial charge in [0.15, 0.2) is 19.7 Å². The van der Waals surface area contributed by atoms with Crippen molar-refractivity contribution in [2.45, 2.75) is 31.9 Å². The van der Waals surface area contributed by atoms with E-state index in [0.717, 1.165) is 0 Å². The van der Waals surface area contributed by atoms with Crippen LogP contribution in [0.5, 0.6) is 0 Å². The van der Waals surface area contributed by atoms with Gasteiger partial charge in [-0.15, -0.1) is 0 Å². The summed E-state index contributed by atoms with van der Waals surface area (Å²) >= 11 is 0. The van der Waals surface area contributed by atoms with Crippen molar-refractivity contribution in [3.63, 3.8) is 0 Å². The molecule has 0 spiro atoms. The molecule has 0 aliphatic heterocycles. The number of hydrogen-bond acceptors (Lipinski definition) is 5. The van der Waals surface area contributed by atoms with Crippen LogP contribution in [-0.2, 0) is 24.5 Å². The Labute approximate surface area is 102 Å². The van der Waals surface area contributed by atoms with Gasteiger partial charge in [0.1, 0.15) is 0 Å². The lowest BCUT2D eigenvalue weighted by Gasteiger charge is -2.18. The molecule has 0 saturated heterocycles. The first-order valence-electron chi connectivity index (χ1n) is 5.02. The van der Waals surface area contributed by atoms with E-state index in [1.807, 2.05) is 0 Å². The highest BCUT2D eigenvalue weighted by molar-refractivity contribution is 7.95. The number of carboxylic acids is 1. The summed E-state index contributed by atoms with van der Waals surface area (Å²) in [6.45, 7) is 4.48. The number of hydrogen-bond donors (Lipinski definition) is 1. The maximum Gasteiger partial charge on any atom is 0.304 e. The molecule has 0 aromatic heterocycles. The quantitative estimate of drug-likeness (QED) is 0.741. The Kier molecular flexibility index (Phi) is 5.15. The fraction of sp³-hybridized carbons (Fsp3) is 0.889. The molecular formula is C9H18O6S2. The third-order valence-corrected chi connectivity index (χ3v) is 6.74. The van der Waals surface area contributed by atoms with Gasteiger partial charge >= 0.3 is 5.97 Å². The number of carbonyl (C=O) groups is 1. The lowest BCUT2D eigenvalue weighted by atomic mass is 10.3. The van der Waals surface area contributed by atoms with Gasteiger partial charge in [0, 0.05) is 0 Å². The zero-order chi connectivity index (χ0) is 13.9. The third-order valence-electron chi connectivity index (χ3n) is 2.22. The summed E-state index contributed by atoms with van der Waals surface area (Å²) in [5.74, 6) is -2.74. The van der Waals surface area contributed by atoms with Gasteiger partial charge in [-0.25, -0.2) is 16.8 Å². The molecule has 0 aliphatic rings. The van der Waals surface area contributed by atoms with E-state index in [1.54, 1.807) is 0 Å². The SMILES string of the molecule is CC(C)(C)S(=O)(=O)CCS(=O)(=O)CCC(=O)O. The molecule has 0 bridgehead atoms. The molecule has 0 heterocycles. The zero-order valence-electron chi connectivity index (χ0n) is 10.1. The Bertz CT molecular complexity index is 466. The lowest BCUT2D eigenvalue weighted by molar-refractivity contribution is -0.136. The van der Waals surface area contributed by atoms with Crippen LogP contribution in [0.2, 0.25) is 0 Å². The van der Waals surface area contributed by atoms with Crippen molar-refractivity contribution in [1.82, 2.24) is 0 Å². The molecule has 0 fully saturated rings. The number of sulfone groups is 2. The van der Waals surface area contributed by atoms with Crippen molar-refractivity contribution in [2.75, 3.05) is 17.3 Å². The Morgan fingerprint density at radius 3 is 1.82 bits per heavy atom. The summed E-state index contributed by atoms with van der Waals surface area (Å²) in [6.07, 6.45) is -0.502. The average molecular weight is 286 g/mol. The second-order valence-electron chi connectivity index (χ2n) is 4.73. The van der Waals surface area contributed by atoms with Crippen LogP contribution < -0.4 is 0 Å². The summed E-state index contributed by atoms with van der Waals surface area (Å²) in [7, 11) is -7.13. The van der Waals surface area contributed by atoms with E-state index in [-0.39, 0.29) is 0 Å². The first-order valence-corrected chi connectivity index (χ1v) is 8.49. The molecule has 1 N–H and O–H groups in total. The Morgan fingerprint density at radius 1 is 1.00 bits per heavy atom. The monoisotopic (exact) mass is 286 g/mol. The number of rotatable bonds is 6. The Morgan fingerprint density at radius 2 is 1.47 bits per heavy atom. The molecule has 0 aliphatic carbocycles. The van der Waals surface area contributed by atoms with E-state index >= 15 is 0 Å². The van der Waals surface area contributed by atoms with E-state index in [2.05, 4.69) is 0 Å². The molecule has 0 saturated carbocycles. The van der Waals surface area contributed by atoms with Crippen LogP contribution in [0.15, 0.2) is 0 Å². The van der Waals surface area contributed by atoms with Gasteiger partial charge in [-0.3, -0.25) is 4.79 Å². The Hall–Kier alpha value is -0.630. The largest absolute Gasteiger partial charge is 0.481 e. The van der Waals surface area contributed by atoms with Crippen LogP contribution in [0.4, 0.5) is 0 Å². The minimum Gasteiger partial charge on any atom is -0.481 e. The van der Waals surface area contributed by atoms with Gasteiger partial charge < -0.3 is 5.11 Å². The topological polar surface area (TPSA) is 106 Å². The molecule has 17 heavy (non-hydrogen) atoms. The molecule has 102 valence electrons. The number of aliphatic carboxylic acids is 1. The Balaban J connectivity index is 4.54. The van der Waals surface area contributed by atoms with Crippen LogP contribution >= 0.6 is 0 Å². The van der Waals surface area contributed by atoms with E-state index in [0.29, 0.717) is 0 Å². The molecule has 0 unspecified atom stereocenters. The summed E-state index contributed by atoms with van der Waals surface area (Å²) in [5, 5.41) is 8.35. The van der Waals surface area contributed by atoms with E-state index < -0.39 is 54.1 Å². The van der Waals surface area contributed by atoms with Gasteiger partial charge in [0.25, 0.3) is 0 Å². The highest BCUT2D eigenvalue weighted by Crippen LogP contribution is 2.16. The smallest absolute Gasteiger partial charge is 0.304 e. The molecule has 6 nitrogen and oxygen atoms in total. The van der Waals surface area contributed by atoms with Crippen molar-refractivity contribution >= 4 is 25.6 Å². The van der Waals surface area contributed by atoms with E-state index in [9.17, 15) is 21.6 Å². The number of carboxylic acid groups (broad SMARTS) is 1. The molecule has 0 amide bonds. The minimum absolute atomic E-state index is 0.474. The summed E-state index contributed by atoms with van der Waals surface area (Å²) < 4.78 is 45.1. The molecule has 0 aromatic carbocycles. The van der Waals surface area contributed by atoms with Crippen molar-refractivity contribution in [2.24, 2.45) is 0 Å². The zero-order valence-corrected chi connectivity index (χ0v) is 11.8. The van der Waals surface area contributed by atoms with Gasteiger partial charge in [-0.05, 0) is 20.8 Å². The van der Waals surface area contributed by atoms with Gasteiger partial charge in [-0.2, -0.15) is 0 Å². The summed E-state index contributed by atoms with van der Waals surface area (Å²) in [4.78, 5) is 10.2. The lowest BCUT2D eigenvalue weighted by Crippen LogP contribution is -2.33. The van der Waals surface area contributed by atoms with Crippen molar-refractivity contribution in [3.05, 3.63) is 0 Å². The minimum atomic E-state index is -3.63. The standard InChI is InChI=1S/C9H18O6S2/c1-9(2,3)17(14,15)7-6-16(12,13)5-4-8(10)11/h4-7H2,1-3H3,(H,10,11). The van der Waals surface area contributed by atoms with E-state index in [1.165, 1.54) is 20.8 Å². The fourth-order valence-electron chi connectivity index (χ4n) is 0.888. The van der Waals surface area contributed by atoms with Gasteiger partial charge in [0.05, 0.1) is 28.4 Å². The van der Waals surface area contributed by atoms with Gasteiger partial charge in [-0.1, -0.05) is 0 Å². The van der Waals surface area contributed by atoms with Crippen molar-refractivity contribution < 1.29 is 26.7 Å². The second-order valence-corrected chi connectivity index (χ2v) is 9.89. The van der Waals surface area contributed by atoms with Crippen LogP contribution in [0.25, 0.3) is 0 Å². The normalized spacial score (nSPS) is 13.6. The highest BCUT2D eigenvalue weighted by Gasteiger charge is 2.30. The molecule has 0 aromatic rings. The van der Waals surface area contributed by atoms with Crippen molar-refractivity contribution in [3.8, 4) is 0 Å².